The van der Waals surface area contributed by atoms with Gasteiger partial charge in [-0.25, -0.2) is 8.42 Å². The third-order valence-electron chi connectivity index (χ3n) is 3.13. The molecule has 1 aromatic carbocycles. The number of ether oxygens (including phenoxy) is 1. The Balaban J connectivity index is 2.01. The van der Waals surface area contributed by atoms with Crippen molar-refractivity contribution in [1.82, 2.24) is 4.31 Å². The second-order valence-electron chi connectivity index (χ2n) is 4.26. The zero-order chi connectivity index (χ0) is 12.9. The molecule has 0 spiro atoms. The standard InChI is InChI=1S/C10H10N2O5S/c13-12(14)7-3-1-2-4-10(7)18(15,16)11-5-8-9(6-11)17-8/h1-4,8-9H,5-6H2. The Bertz CT molecular complexity index is 604. The minimum Gasteiger partial charge on any atom is -0.367 e. The Labute approximate surface area is 103 Å². The van der Waals surface area contributed by atoms with Crippen LogP contribution in [0.3, 0.4) is 0 Å². The lowest BCUT2D eigenvalue weighted by molar-refractivity contribution is -0.387. The van der Waals surface area contributed by atoms with Crippen LogP contribution in [0.25, 0.3) is 0 Å². The Hall–Kier alpha value is -1.51. The van der Waals surface area contributed by atoms with E-state index in [-0.39, 0.29) is 35.9 Å². The fourth-order valence-electron chi connectivity index (χ4n) is 2.14. The first-order valence-corrected chi connectivity index (χ1v) is 6.83. The van der Waals surface area contributed by atoms with Gasteiger partial charge in [-0.2, -0.15) is 4.31 Å². The maximum atomic E-state index is 12.3. The highest BCUT2D eigenvalue weighted by Crippen LogP contribution is 2.35. The number of fused-ring (bicyclic) bond motifs is 1. The van der Waals surface area contributed by atoms with E-state index in [4.69, 9.17) is 4.74 Å². The van der Waals surface area contributed by atoms with Gasteiger partial charge in [-0.15, -0.1) is 0 Å². The summed E-state index contributed by atoms with van der Waals surface area (Å²) in [4.78, 5) is 9.92. The molecule has 2 heterocycles. The third kappa shape index (κ3) is 1.69. The summed E-state index contributed by atoms with van der Waals surface area (Å²) in [5.74, 6) is 0. The summed E-state index contributed by atoms with van der Waals surface area (Å²) in [6.45, 7) is 0.554. The van der Waals surface area contributed by atoms with Crippen molar-refractivity contribution in [2.45, 2.75) is 17.1 Å². The zero-order valence-corrected chi connectivity index (χ0v) is 10.0. The van der Waals surface area contributed by atoms with Crippen molar-refractivity contribution >= 4 is 15.7 Å². The van der Waals surface area contributed by atoms with E-state index in [0.717, 1.165) is 0 Å². The van der Waals surface area contributed by atoms with Crippen molar-refractivity contribution in [3.8, 4) is 0 Å². The lowest BCUT2D eigenvalue weighted by Crippen LogP contribution is -2.32. The second-order valence-corrected chi connectivity index (χ2v) is 6.17. The number of benzene rings is 1. The minimum atomic E-state index is -3.81. The second kappa shape index (κ2) is 3.74. The topological polar surface area (TPSA) is 93.0 Å². The summed E-state index contributed by atoms with van der Waals surface area (Å²) in [7, 11) is -3.81. The van der Waals surface area contributed by atoms with E-state index in [1.165, 1.54) is 28.6 Å². The maximum Gasteiger partial charge on any atom is 0.289 e. The van der Waals surface area contributed by atoms with Crippen LogP contribution in [0.2, 0.25) is 0 Å². The van der Waals surface area contributed by atoms with Crippen LogP contribution in [-0.2, 0) is 14.8 Å². The molecule has 7 nitrogen and oxygen atoms in total. The molecule has 0 radical (unpaired) electrons. The number of epoxide rings is 1. The molecule has 0 amide bonds. The van der Waals surface area contributed by atoms with Crippen LogP contribution in [0.15, 0.2) is 29.2 Å². The highest BCUT2D eigenvalue weighted by atomic mass is 32.2. The third-order valence-corrected chi connectivity index (χ3v) is 5.01. The zero-order valence-electron chi connectivity index (χ0n) is 9.22. The fourth-order valence-corrected chi connectivity index (χ4v) is 3.76. The van der Waals surface area contributed by atoms with Gasteiger partial charge in [-0.3, -0.25) is 10.1 Å². The molecule has 2 saturated heterocycles. The summed E-state index contributed by atoms with van der Waals surface area (Å²) in [5, 5.41) is 10.9. The molecule has 2 fully saturated rings. The van der Waals surface area contributed by atoms with Crippen LogP contribution < -0.4 is 0 Å². The largest absolute Gasteiger partial charge is 0.367 e. The van der Waals surface area contributed by atoms with E-state index in [1.807, 2.05) is 0 Å². The summed E-state index contributed by atoms with van der Waals surface area (Å²) in [6, 6.07) is 5.38. The number of sulfonamides is 1. The Kier molecular flexibility index (Phi) is 2.40. The van der Waals surface area contributed by atoms with E-state index in [0.29, 0.717) is 0 Å². The lowest BCUT2D eigenvalue weighted by atomic mass is 10.3. The van der Waals surface area contributed by atoms with Gasteiger partial charge in [-0.1, -0.05) is 12.1 Å². The molecule has 96 valence electrons. The molecule has 8 heteroatoms. The van der Waals surface area contributed by atoms with Crippen LogP contribution in [-0.4, -0.2) is 42.9 Å². The minimum absolute atomic E-state index is 0.0393. The van der Waals surface area contributed by atoms with Gasteiger partial charge in [0.15, 0.2) is 4.90 Å². The first kappa shape index (κ1) is 11.6. The van der Waals surface area contributed by atoms with Crippen LogP contribution in [0.4, 0.5) is 5.69 Å². The Morgan fingerprint density at radius 3 is 2.50 bits per heavy atom. The van der Waals surface area contributed by atoms with Crippen molar-refractivity contribution in [3.63, 3.8) is 0 Å². The van der Waals surface area contributed by atoms with E-state index < -0.39 is 14.9 Å². The number of para-hydroxylation sites is 1. The quantitative estimate of drug-likeness (QED) is 0.449. The number of hydrogen-bond acceptors (Lipinski definition) is 5. The van der Waals surface area contributed by atoms with E-state index in [9.17, 15) is 18.5 Å². The predicted molar refractivity (Wildman–Crippen MR) is 60.5 cm³/mol. The van der Waals surface area contributed by atoms with Crippen molar-refractivity contribution < 1.29 is 18.1 Å². The molecule has 0 aromatic heterocycles. The molecule has 2 atom stereocenters. The van der Waals surface area contributed by atoms with Crippen molar-refractivity contribution in [2.24, 2.45) is 0 Å². The Morgan fingerprint density at radius 2 is 1.89 bits per heavy atom. The SMILES string of the molecule is O=[N+]([O-])c1ccccc1S(=O)(=O)N1CC2OC2C1. The highest BCUT2D eigenvalue weighted by Gasteiger charge is 2.51. The molecule has 2 aliphatic heterocycles. The van der Waals surface area contributed by atoms with Gasteiger partial charge < -0.3 is 4.74 Å². The van der Waals surface area contributed by atoms with Crippen molar-refractivity contribution in [2.75, 3.05) is 13.1 Å². The van der Waals surface area contributed by atoms with Gasteiger partial charge >= 0.3 is 0 Å². The molecule has 1 aromatic rings. The highest BCUT2D eigenvalue weighted by molar-refractivity contribution is 7.89. The first-order valence-electron chi connectivity index (χ1n) is 5.39. The molecule has 3 rings (SSSR count). The molecule has 0 saturated carbocycles. The van der Waals surface area contributed by atoms with E-state index >= 15 is 0 Å². The summed E-state index contributed by atoms with van der Waals surface area (Å²) >= 11 is 0. The average Bonchev–Trinajstić information content (AvgIpc) is 2.96. The smallest absolute Gasteiger partial charge is 0.289 e. The molecular formula is C10H10N2O5S. The number of morpholine rings is 1. The molecule has 2 aliphatic rings. The molecule has 0 aliphatic carbocycles. The summed E-state index contributed by atoms with van der Waals surface area (Å²) < 4.78 is 31.0. The van der Waals surface area contributed by atoms with Gasteiger partial charge in [0.2, 0.25) is 10.0 Å². The van der Waals surface area contributed by atoms with Crippen molar-refractivity contribution in [3.05, 3.63) is 34.4 Å². The van der Waals surface area contributed by atoms with Gasteiger partial charge in [-0.05, 0) is 6.07 Å². The maximum absolute atomic E-state index is 12.3. The molecular weight excluding hydrogens is 260 g/mol. The molecule has 0 N–H and O–H groups in total. The Morgan fingerprint density at radius 1 is 1.28 bits per heavy atom. The summed E-state index contributed by atoms with van der Waals surface area (Å²) in [5.41, 5.74) is -0.390. The van der Waals surface area contributed by atoms with E-state index in [1.54, 1.807) is 0 Å². The van der Waals surface area contributed by atoms with Crippen LogP contribution in [0.5, 0.6) is 0 Å². The summed E-state index contributed by atoms with van der Waals surface area (Å²) in [6.07, 6.45) is -0.0786. The number of hydrogen-bond donors (Lipinski definition) is 0. The first-order chi connectivity index (χ1) is 8.50. The van der Waals surface area contributed by atoms with Crippen molar-refractivity contribution in [1.29, 1.82) is 0 Å². The van der Waals surface area contributed by atoms with E-state index in [2.05, 4.69) is 0 Å². The lowest BCUT2D eigenvalue weighted by Gasteiger charge is -2.17. The van der Waals surface area contributed by atoms with Gasteiger partial charge in [0.05, 0.1) is 17.1 Å². The molecule has 0 bridgehead atoms. The predicted octanol–water partition coefficient (Wildman–Crippen LogP) is 0.367. The monoisotopic (exact) mass is 270 g/mol. The van der Waals surface area contributed by atoms with Gasteiger partial charge in [0.1, 0.15) is 0 Å². The van der Waals surface area contributed by atoms with Gasteiger partial charge in [0, 0.05) is 19.2 Å². The van der Waals surface area contributed by atoms with Crippen LogP contribution in [0, 0.1) is 10.1 Å². The van der Waals surface area contributed by atoms with Crippen LogP contribution >= 0.6 is 0 Å². The van der Waals surface area contributed by atoms with Gasteiger partial charge in [0.25, 0.3) is 5.69 Å². The molecule has 2 unspecified atom stereocenters. The number of nitro groups is 1. The van der Waals surface area contributed by atoms with Crippen LogP contribution in [0.1, 0.15) is 0 Å². The molecule has 18 heavy (non-hydrogen) atoms. The number of nitrogens with zero attached hydrogens (tertiary/aromatic N) is 2. The normalized spacial score (nSPS) is 26.9. The fraction of sp³-hybridized carbons (Fsp3) is 0.400. The number of nitro benzene ring substituents is 1. The average molecular weight is 270 g/mol. The number of rotatable bonds is 3.